The Kier molecular flexibility index (Phi) is 3.95. The maximum atomic E-state index is 10.6. The molecule has 5 nitrogen and oxygen atoms in total. The molecule has 2 rings (SSSR count). The SMILES string of the molecule is O=CN1CCN(C(=S)N2CCNCC2)CC1. The third kappa shape index (κ3) is 2.62. The van der Waals surface area contributed by atoms with Gasteiger partial charge in [0.1, 0.15) is 0 Å². The van der Waals surface area contributed by atoms with Crippen molar-refractivity contribution in [3.05, 3.63) is 0 Å². The Balaban J connectivity index is 1.83. The smallest absolute Gasteiger partial charge is 0.209 e. The summed E-state index contributed by atoms with van der Waals surface area (Å²) in [6.45, 7) is 7.30. The highest BCUT2D eigenvalue weighted by molar-refractivity contribution is 7.80. The molecule has 0 radical (unpaired) electrons. The minimum atomic E-state index is 0.787. The summed E-state index contributed by atoms with van der Waals surface area (Å²) in [5.41, 5.74) is 0. The Labute approximate surface area is 101 Å². The topological polar surface area (TPSA) is 38.8 Å². The minimum Gasteiger partial charge on any atom is -0.347 e. The first-order valence-corrected chi connectivity index (χ1v) is 6.16. The van der Waals surface area contributed by atoms with Gasteiger partial charge in [0.25, 0.3) is 0 Å². The molecule has 6 heteroatoms. The van der Waals surface area contributed by atoms with Gasteiger partial charge < -0.3 is 20.0 Å². The van der Waals surface area contributed by atoms with Crippen molar-refractivity contribution in [1.82, 2.24) is 20.0 Å². The largest absolute Gasteiger partial charge is 0.347 e. The summed E-state index contributed by atoms with van der Waals surface area (Å²) in [5.74, 6) is 0. The molecule has 1 N–H and O–H groups in total. The van der Waals surface area contributed by atoms with E-state index in [1.165, 1.54) is 0 Å². The molecule has 2 heterocycles. The lowest BCUT2D eigenvalue weighted by atomic mass is 10.3. The number of amides is 1. The van der Waals surface area contributed by atoms with Crippen LogP contribution < -0.4 is 5.32 Å². The number of rotatable bonds is 1. The molecule has 0 aromatic rings. The second-order valence-corrected chi connectivity index (χ2v) is 4.51. The van der Waals surface area contributed by atoms with Crippen LogP contribution in [0.2, 0.25) is 0 Å². The van der Waals surface area contributed by atoms with Gasteiger partial charge in [0.15, 0.2) is 5.11 Å². The fourth-order valence-corrected chi connectivity index (χ4v) is 2.44. The van der Waals surface area contributed by atoms with Crippen molar-refractivity contribution in [2.75, 3.05) is 52.4 Å². The molecule has 0 saturated carbocycles. The summed E-state index contributed by atoms with van der Waals surface area (Å²) >= 11 is 5.49. The van der Waals surface area contributed by atoms with Crippen LogP contribution in [0.4, 0.5) is 0 Å². The molecule has 0 unspecified atom stereocenters. The fraction of sp³-hybridized carbons (Fsp3) is 0.800. The highest BCUT2D eigenvalue weighted by Gasteiger charge is 2.22. The van der Waals surface area contributed by atoms with E-state index in [-0.39, 0.29) is 0 Å². The zero-order valence-corrected chi connectivity index (χ0v) is 10.2. The van der Waals surface area contributed by atoms with Crippen LogP contribution in [0.1, 0.15) is 0 Å². The highest BCUT2D eigenvalue weighted by atomic mass is 32.1. The normalized spacial score (nSPS) is 22.1. The summed E-state index contributed by atoms with van der Waals surface area (Å²) < 4.78 is 0. The highest BCUT2D eigenvalue weighted by Crippen LogP contribution is 2.06. The van der Waals surface area contributed by atoms with Gasteiger partial charge in [-0.3, -0.25) is 4.79 Å². The number of hydrogen-bond donors (Lipinski definition) is 1. The summed E-state index contributed by atoms with van der Waals surface area (Å²) in [4.78, 5) is 16.9. The van der Waals surface area contributed by atoms with Crippen molar-refractivity contribution < 1.29 is 4.79 Å². The average molecular weight is 242 g/mol. The third-order valence-corrected chi connectivity index (χ3v) is 3.64. The first-order valence-electron chi connectivity index (χ1n) is 5.75. The molecular formula is C10H18N4OS. The molecule has 0 aliphatic carbocycles. The van der Waals surface area contributed by atoms with E-state index in [1.54, 1.807) is 4.90 Å². The van der Waals surface area contributed by atoms with Crippen molar-refractivity contribution in [3.63, 3.8) is 0 Å². The minimum absolute atomic E-state index is 0.787. The van der Waals surface area contributed by atoms with Crippen LogP contribution in [-0.4, -0.2) is 78.6 Å². The van der Waals surface area contributed by atoms with Gasteiger partial charge in [-0.1, -0.05) is 0 Å². The number of piperazine rings is 2. The fourth-order valence-electron chi connectivity index (χ4n) is 2.07. The second kappa shape index (κ2) is 5.45. The van der Waals surface area contributed by atoms with Crippen LogP contribution >= 0.6 is 12.2 Å². The summed E-state index contributed by atoms with van der Waals surface area (Å²) in [6.07, 6.45) is 0.922. The predicted molar refractivity (Wildman–Crippen MR) is 66.3 cm³/mol. The molecule has 0 aromatic heterocycles. The van der Waals surface area contributed by atoms with Gasteiger partial charge in [0.2, 0.25) is 6.41 Å². The average Bonchev–Trinajstić information content (AvgIpc) is 2.39. The van der Waals surface area contributed by atoms with E-state index in [0.717, 1.165) is 63.9 Å². The first kappa shape index (κ1) is 11.6. The van der Waals surface area contributed by atoms with Crippen LogP contribution in [0, 0.1) is 0 Å². The van der Waals surface area contributed by atoms with E-state index in [2.05, 4.69) is 15.1 Å². The van der Waals surface area contributed by atoms with Crippen LogP contribution in [0.15, 0.2) is 0 Å². The van der Waals surface area contributed by atoms with Gasteiger partial charge in [-0.05, 0) is 12.2 Å². The Morgan fingerprint density at radius 2 is 1.56 bits per heavy atom. The number of carbonyl (C=O) groups excluding carboxylic acids is 1. The molecule has 2 aliphatic rings. The number of carbonyl (C=O) groups is 1. The van der Waals surface area contributed by atoms with Gasteiger partial charge in [-0.15, -0.1) is 0 Å². The van der Waals surface area contributed by atoms with E-state index in [0.29, 0.717) is 0 Å². The first-order chi connectivity index (χ1) is 7.81. The molecule has 1 amide bonds. The maximum Gasteiger partial charge on any atom is 0.209 e. The quantitative estimate of drug-likeness (QED) is 0.469. The van der Waals surface area contributed by atoms with Crippen LogP contribution in [0.5, 0.6) is 0 Å². The molecule has 0 aromatic carbocycles. The molecule has 0 spiro atoms. The number of nitrogens with zero attached hydrogens (tertiary/aromatic N) is 3. The second-order valence-electron chi connectivity index (χ2n) is 4.15. The molecule has 0 atom stereocenters. The maximum absolute atomic E-state index is 10.6. The van der Waals surface area contributed by atoms with E-state index in [1.807, 2.05) is 0 Å². The molecule has 2 fully saturated rings. The van der Waals surface area contributed by atoms with Crippen LogP contribution in [-0.2, 0) is 4.79 Å². The van der Waals surface area contributed by atoms with Crippen molar-refractivity contribution in [1.29, 1.82) is 0 Å². The summed E-state index contributed by atoms with van der Waals surface area (Å²) in [6, 6.07) is 0. The molecular weight excluding hydrogens is 224 g/mol. The number of nitrogens with one attached hydrogen (secondary N) is 1. The van der Waals surface area contributed by atoms with Gasteiger partial charge in [0, 0.05) is 52.4 Å². The Hall–Kier alpha value is -0.880. The zero-order valence-electron chi connectivity index (χ0n) is 9.39. The van der Waals surface area contributed by atoms with E-state index < -0.39 is 0 Å². The standard InChI is InChI=1S/C10H18N4OS/c15-9-12-5-7-14(8-6-12)10(16)13-3-1-11-2-4-13/h9,11H,1-8H2. The third-order valence-electron chi connectivity index (χ3n) is 3.12. The van der Waals surface area contributed by atoms with Gasteiger partial charge in [-0.25, -0.2) is 0 Å². The van der Waals surface area contributed by atoms with E-state index in [9.17, 15) is 4.79 Å². The van der Waals surface area contributed by atoms with Crippen molar-refractivity contribution in [3.8, 4) is 0 Å². The van der Waals surface area contributed by atoms with Gasteiger partial charge >= 0.3 is 0 Å². The monoisotopic (exact) mass is 242 g/mol. The van der Waals surface area contributed by atoms with E-state index in [4.69, 9.17) is 12.2 Å². The Morgan fingerprint density at radius 1 is 1.00 bits per heavy atom. The zero-order chi connectivity index (χ0) is 11.4. The lowest BCUT2D eigenvalue weighted by molar-refractivity contribution is -0.119. The van der Waals surface area contributed by atoms with Crippen LogP contribution in [0.25, 0.3) is 0 Å². The van der Waals surface area contributed by atoms with Gasteiger partial charge in [-0.2, -0.15) is 0 Å². The number of hydrogen-bond acceptors (Lipinski definition) is 3. The predicted octanol–water partition coefficient (Wildman–Crippen LogP) is -1.05. The summed E-state index contributed by atoms with van der Waals surface area (Å²) in [7, 11) is 0. The van der Waals surface area contributed by atoms with Crippen LogP contribution in [0.3, 0.4) is 0 Å². The summed E-state index contributed by atoms with van der Waals surface area (Å²) in [5, 5.41) is 4.27. The number of thiocarbonyl (C=S) groups is 1. The van der Waals surface area contributed by atoms with Gasteiger partial charge in [0.05, 0.1) is 0 Å². The van der Waals surface area contributed by atoms with Crippen molar-refractivity contribution in [2.45, 2.75) is 0 Å². The lowest BCUT2D eigenvalue weighted by Crippen LogP contribution is -2.55. The molecule has 90 valence electrons. The molecule has 16 heavy (non-hydrogen) atoms. The van der Waals surface area contributed by atoms with Crippen molar-refractivity contribution in [2.24, 2.45) is 0 Å². The molecule has 2 saturated heterocycles. The Morgan fingerprint density at radius 3 is 2.12 bits per heavy atom. The van der Waals surface area contributed by atoms with E-state index >= 15 is 0 Å². The van der Waals surface area contributed by atoms with Crippen molar-refractivity contribution >= 4 is 23.7 Å². The molecule has 2 aliphatic heterocycles. The Bertz CT molecular complexity index is 260. The molecule has 0 bridgehead atoms. The lowest BCUT2D eigenvalue weighted by Gasteiger charge is -2.39.